The molecule has 0 radical (unpaired) electrons. The number of ether oxygens (including phenoxy) is 1. The molecule has 0 aliphatic heterocycles. The number of halogens is 1. The molecule has 28 heavy (non-hydrogen) atoms. The number of nitrogens with zero attached hydrogens (tertiary/aromatic N) is 3. The van der Waals surface area contributed by atoms with Gasteiger partial charge in [-0.05, 0) is 12.0 Å². The molecule has 0 amide bonds. The van der Waals surface area contributed by atoms with Crippen molar-refractivity contribution in [2.75, 3.05) is 6.61 Å². The number of nitrogens with one attached hydrogen (secondary N) is 1. The van der Waals surface area contributed by atoms with Crippen molar-refractivity contribution in [3.63, 3.8) is 0 Å². The second-order valence-electron chi connectivity index (χ2n) is 6.59. The van der Waals surface area contributed by atoms with Crippen LogP contribution in [0.2, 0.25) is 5.15 Å². The molecule has 1 aromatic carbocycles. The van der Waals surface area contributed by atoms with Crippen LogP contribution in [0.5, 0.6) is 0 Å². The van der Waals surface area contributed by atoms with Gasteiger partial charge in [0.15, 0.2) is 5.15 Å². The van der Waals surface area contributed by atoms with Gasteiger partial charge in [0.2, 0.25) is 0 Å². The molecule has 0 unspecified atom stereocenters. The van der Waals surface area contributed by atoms with Gasteiger partial charge in [-0.15, -0.1) is 0 Å². The summed E-state index contributed by atoms with van der Waals surface area (Å²) in [5, 5.41) is 23.0. The van der Waals surface area contributed by atoms with E-state index >= 15 is 0 Å². The summed E-state index contributed by atoms with van der Waals surface area (Å²) >= 11 is 6.31. The molecule has 150 valence electrons. The van der Waals surface area contributed by atoms with Gasteiger partial charge in [-0.2, -0.15) is 0 Å². The summed E-state index contributed by atoms with van der Waals surface area (Å²) in [5.74, 6) is 0. The van der Waals surface area contributed by atoms with Crippen LogP contribution in [0.1, 0.15) is 24.5 Å². The first kappa shape index (κ1) is 20.7. The van der Waals surface area contributed by atoms with Gasteiger partial charge < -0.3 is 24.8 Å². The number of aromatic nitrogens is 3. The largest absolute Gasteiger partial charge is 0.395 e. The van der Waals surface area contributed by atoms with Gasteiger partial charge in [-0.1, -0.05) is 48.9 Å². The zero-order valence-electron chi connectivity index (χ0n) is 15.8. The number of hydrogen-bond donors (Lipinski definition) is 3. The zero-order valence-corrected chi connectivity index (χ0v) is 16.5. The molecule has 2 heterocycles. The van der Waals surface area contributed by atoms with Crippen LogP contribution in [0.25, 0.3) is 11.0 Å². The first-order chi connectivity index (χ1) is 13.6. The van der Waals surface area contributed by atoms with E-state index in [9.17, 15) is 10.2 Å². The third-order valence-corrected chi connectivity index (χ3v) is 4.93. The standard InChI is InChI=1S/C20H25ClN4O3/c1-2-17(27)16(10-26)22-8-15-9-25(19-18(15)23-12-24-20(19)21)13-28-11-14-6-4-3-5-7-14/h3-7,9,12,16-17,22,26-27H,2,8,10-11,13H2,1H3/t16-,17-/m0/s1. The van der Waals surface area contributed by atoms with Gasteiger partial charge in [0.25, 0.3) is 0 Å². The van der Waals surface area contributed by atoms with Crippen molar-refractivity contribution in [1.82, 2.24) is 19.9 Å². The minimum absolute atomic E-state index is 0.149. The van der Waals surface area contributed by atoms with Gasteiger partial charge >= 0.3 is 0 Å². The Morgan fingerprint density at radius 1 is 1.25 bits per heavy atom. The highest BCUT2D eigenvalue weighted by Gasteiger charge is 2.18. The van der Waals surface area contributed by atoms with E-state index in [1.807, 2.05) is 48.0 Å². The van der Waals surface area contributed by atoms with Crippen LogP contribution in [0.15, 0.2) is 42.9 Å². The minimum atomic E-state index is -0.620. The van der Waals surface area contributed by atoms with Crippen molar-refractivity contribution < 1.29 is 14.9 Å². The lowest BCUT2D eigenvalue weighted by atomic mass is 10.1. The average molecular weight is 405 g/mol. The normalized spacial score (nSPS) is 13.7. The predicted octanol–water partition coefficient (Wildman–Crippen LogP) is 2.48. The highest BCUT2D eigenvalue weighted by Crippen LogP contribution is 2.25. The summed E-state index contributed by atoms with van der Waals surface area (Å²) in [5.41, 5.74) is 3.40. The van der Waals surface area contributed by atoms with Gasteiger partial charge in [0, 0.05) is 18.3 Å². The highest BCUT2D eigenvalue weighted by molar-refractivity contribution is 6.33. The molecular formula is C20H25ClN4O3. The van der Waals surface area contributed by atoms with Crippen LogP contribution >= 0.6 is 11.6 Å². The summed E-state index contributed by atoms with van der Waals surface area (Å²) in [6.45, 7) is 2.94. The minimum Gasteiger partial charge on any atom is -0.395 e. The molecule has 0 saturated heterocycles. The smallest absolute Gasteiger partial charge is 0.156 e. The number of fused-ring (bicyclic) bond motifs is 1. The molecule has 3 N–H and O–H groups in total. The van der Waals surface area contributed by atoms with Crippen molar-refractivity contribution in [2.24, 2.45) is 0 Å². The number of aliphatic hydroxyl groups excluding tert-OH is 2. The van der Waals surface area contributed by atoms with Gasteiger partial charge in [0.05, 0.1) is 30.9 Å². The topological polar surface area (TPSA) is 92.4 Å². The molecule has 0 saturated carbocycles. The Hall–Kier alpha value is -2.03. The van der Waals surface area contributed by atoms with Crippen LogP contribution in [-0.2, 0) is 24.6 Å². The van der Waals surface area contributed by atoms with E-state index in [0.717, 1.165) is 16.6 Å². The molecule has 2 aromatic heterocycles. The van der Waals surface area contributed by atoms with Crippen LogP contribution in [0.4, 0.5) is 0 Å². The lowest BCUT2D eigenvalue weighted by Crippen LogP contribution is -2.42. The van der Waals surface area contributed by atoms with Crippen LogP contribution in [0, 0.1) is 0 Å². The lowest BCUT2D eigenvalue weighted by molar-refractivity contribution is 0.0666. The van der Waals surface area contributed by atoms with Gasteiger partial charge in [-0.3, -0.25) is 0 Å². The van der Waals surface area contributed by atoms with Crippen LogP contribution in [-0.4, -0.2) is 43.5 Å². The second-order valence-corrected chi connectivity index (χ2v) is 6.95. The summed E-state index contributed by atoms with van der Waals surface area (Å²) < 4.78 is 7.71. The third kappa shape index (κ3) is 4.87. The summed E-state index contributed by atoms with van der Waals surface area (Å²) in [6, 6.07) is 9.52. The Balaban J connectivity index is 1.75. The van der Waals surface area contributed by atoms with E-state index in [0.29, 0.717) is 37.0 Å². The fraction of sp³-hybridized carbons (Fsp3) is 0.400. The molecule has 7 nitrogen and oxygen atoms in total. The molecule has 0 aliphatic carbocycles. The molecule has 8 heteroatoms. The second kappa shape index (κ2) is 9.95. The number of aliphatic hydroxyl groups is 2. The number of benzene rings is 1. The van der Waals surface area contributed by atoms with Crippen molar-refractivity contribution in [3.8, 4) is 0 Å². The predicted molar refractivity (Wildman–Crippen MR) is 108 cm³/mol. The Labute approximate surface area is 169 Å². The lowest BCUT2D eigenvalue weighted by Gasteiger charge is -2.20. The molecule has 0 fully saturated rings. The van der Waals surface area contributed by atoms with Crippen molar-refractivity contribution in [2.45, 2.75) is 45.4 Å². The van der Waals surface area contributed by atoms with Gasteiger partial charge in [0.1, 0.15) is 18.6 Å². The highest BCUT2D eigenvalue weighted by atomic mass is 35.5. The first-order valence-corrected chi connectivity index (χ1v) is 9.64. The Morgan fingerprint density at radius 3 is 2.75 bits per heavy atom. The maximum Gasteiger partial charge on any atom is 0.156 e. The molecule has 3 aromatic rings. The fourth-order valence-electron chi connectivity index (χ4n) is 3.08. The van der Waals surface area contributed by atoms with E-state index in [2.05, 4.69) is 15.3 Å². The quantitative estimate of drug-likeness (QED) is 0.449. The van der Waals surface area contributed by atoms with Crippen LogP contribution < -0.4 is 5.32 Å². The third-order valence-electron chi connectivity index (χ3n) is 4.66. The van der Waals surface area contributed by atoms with Gasteiger partial charge in [-0.25, -0.2) is 9.97 Å². The SMILES string of the molecule is CC[C@H](O)[C@H](CO)NCc1cn(COCc2ccccc2)c2c(Cl)ncnc12. The number of hydrogen-bond acceptors (Lipinski definition) is 6. The van der Waals surface area contributed by atoms with Crippen molar-refractivity contribution in [1.29, 1.82) is 0 Å². The Morgan fingerprint density at radius 2 is 2.04 bits per heavy atom. The molecule has 3 rings (SSSR count). The molecular weight excluding hydrogens is 380 g/mol. The van der Waals surface area contributed by atoms with E-state index in [-0.39, 0.29) is 6.61 Å². The fourth-order valence-corrected chi connectivity index (χ4v) is 3.32. The monoisotopic (exact) mass is 404 g/mol. The average Bonchev–Trinajstić information content (AvgIpc) is 3.08. The molecule has 0 aliphatic rings. The summed E-state index contributed by atoms with van der Waals surface area (Å²) in [6.07, 6.45) is 3.27. The Bertz CT molecular complexity index is 888. The Kier molecular flexibility index (Phi) is 7.36. The molecule has 0 bridgehead atoms. The zero-order chi connectivity index (χ0) is 19.9. The van der Waals surface area contributed by atoms with E-state index in [1.54, 1.807) is 0 Å². The molecule has 0 spiro atoms. The summed E-state index contributed by atoms with van der Waals surface area (Å²) in [4.78, 5) is 8.44. The maximum absolute atomic E-state index is 9.99. The summed E-state index contributed by atoms with van der Waals surface area (Å²) in [7, 11) is 0. The molecule has 2 atom stereocenters. The van der Waals surface area contributed by atoms with Crippen LogP contribution in [0.3, 0.4) is 0 Å². The maximum atomic E-state index is 9.99. The van der Waals surface area contributed by atoms with Crippen molar-refractivity contribution in [3.05, 3.63) is 59.1 Å². The van der Waals surface area contributed by atoms with E-state index in [4.69, 9.17) is 16.3 Å². The van der Waals surface area contributed by atoms with E-state index in [1.165, 1.54) is 6.33 Å². The first-order valence-electron chi connectivity index (χ1n) is 9.26. The van der Waals surface area contributed by atoms with Crippen molar-refractivity contribution >= 4 is 22.6 Å². The number of rotatable bonds is 10. The van der Waals surface area contributed by atoms with E-state index < -0.39 is 12.1 Å².